The first kappa shape index (κ1) is 13.0. The van der Waals surface area contributed by atoms with Crippen LogP contribution in [0.4, 0.5) is 0 Å². The highest BCUT2D eigenvalue weighted by Crippen LogP contribution is 2.20. The standard InChI is InChI=1S/C10H12N4O5/c11-10(8(17)18)1-2-14(4-10)7(16)5-3-6(15)13-9(19)12-5/h3H,1-2,4,11H2,(H,17,18)(H2,12,13,15,19). The molecule has 1 unspecified atom stereocenters. The van der Waals surface area contributed by atoms with Crippen molar-refractivity contribution in [3.05, 3.63) is 32.6 Å². The third kappa shape index (κ3) is 2.40. The number of carboxylic acid groups (broad SMARTS) is 1. The molecule has 0 aromatic carbocycles. The van der Waals surface area contributed by atoms with Crippen molar-refractivity contribution in [1.82, 2.24) is 14.9 Å². The van der Waals surface area contributed by atoms with E-state index in [2.05, 4.69) is 4.98 Å². The van der Waals surface area contributed by atoms with Crippen molar-refractivity contribution in [2.24, 2.45) is 5.73 Å². The summed E-state index contributed by atoms with van der Waals surface area (Å²) in [6.07, 6.45) is 0.113. The molecule has 0 bridgehead atoms. The predicted molar refractivity (Wildman–Crippen MR) is 62.8 cm³/mol. The molecule has 0 saturated carbocycles. The van der Waals surface area contributed by atoms with Crippen molar-refractivity contribution in [2.75, 3.05) is 13.1 Å². The lowest BCUT2D eigenvalue weighted by molar-refractivity contribution is -0.142. The minimum atomic E-state index is -1.49. The second-order valence-corrected chi connectivity index (χ2v) is 4.44. The average molecular weight is 268 g/mol. The van der Waals surface area contributed by atoms with Gasteiger partial charge in [0.05, 0.1) is 0 Å². The maximum atomic E-state index is 12.0. The molecule has 1 saturated heterocycles. The summed E-state index contributed by atoms with van der Waals surface area (Å²) in [5.41, 5.74) is 2.45. The summed E-state index contributed by atoms with van der Waals surface area (Å²) in [5.74, 6) is -1.82. The van der Waals surface area contributed by atoms with Gasteiger partial charge >= 0.3 is 11.7 Å². The molecule has 2 rings (SSSR count). The Morgan fingerprint density at radius 3 is 2.58 bits per heavy atom. The molecular weight excluding hydrogens is 256 g/mol. The Morgan fingerprint density at radius 1 is 1.37 bits per heavy atom. The number of aliphatic carboxylic acids is 1. The first-order valence-electron chi connectivity index (χ1n) is 5.47. The van der Waals surface area contributed by atoms with Crippen LogP contribution in [0, 0.1) is 0 Å². The van der Waals surface area contributed by atoms with Gasteiger partial charge < -0.3 is 20.7 Å². The van der Waals surface area contributed by atoms with E-state index in [-0.39, 0.29) is 25.2 Å². The lowest BCUT2D eigenvalue weighted by Gasteiger charge is -2.19. The molecule has 19 heavy (non-hydrogen) atoms. The summed E-state index contributed by atoms with van der Waals surface area (Å²) in [4.78, 5) is 50.5. The smallest absolute Gasteiger partial charge is 0.326 e. The van der Waals surface area contributed by atoms with Gasteiger partial charge in [0, 0.05) is 19.2 Å². The van der Waals surface area contributed by atoms with Gasteiger partial charge in [-0.25, -0.2) is 4.79 Å². The van der Waals surface area contributed by atoms with Crippen LogP contribution in [0.2, 0.25) is 0 Å². The minimum absolute atomic E-state index is 0.113. The molecule has 1 amide bonds. The Morgan fingerprint density at radius 2 is 2.05 bits per heavy atom. The van der Waals surface area contributed by atoms with Gasteiger partial charge in [-0.2, -0.15) is 0 Å². The molecule has 102 valence electrons. The Labute approximate surface area is 106 Å². The third-order valence-electron chi connectivity index (χ3n) is 3.00. The zero-order valence-electron chi connectivity index (χ0n) is 9.80. The summed E-state index contributed by atoms with van der Waals surface area (Å²) >= 11 is 0. The molecule has 0 aliphatic carbocycles. The van der Waals surface area contributed by atoms with E-state index >= 15 is 0 Å². The van der Waals surface area contributed by atoms with Crippen LogP contribution in [-0.4, -0.2) is 50.5 Å². The fourth-order valence-electron chi connectivity index (χ4n) is 1.94. The van der Waals surface area contributed by atoms with E-state index in [1.807, 2.05) is 4.98 Å². The van der Waals surface area contributed by atoms with E-state index in [0.29, 0.717) is 0 Å². The number of H-pyrrole nitrogens is 2. The summed E-state index contributed by atoms with van der Waals surface area (Å²) in [5, 5.41) is 8.96. The molecular formula is C10H12N4O5. The first-order chi connectivity index (χ1) is 8.82. The number of carbonyl (C=O) groups excluding carboxylic acids is 1. The molecule has 5 N–H and O–H groups in total. The Kier molecular flexibility index (Phi) is 2.98. The van der Waals surface area contributed by atoms with Gasteiger partial charge in [-0.3, -0.25) is 19.4 Å². The Balaban J connectivity index is 2.25. The number of aromatic nitrogens is 2. The lowest BCUT2D eigenvalue weighted by atomic mass is 10.0. The Hall–Kier alpha value is -2.42. The fraction of sp³-hybridized carbons (Fsp3) is 0.400. The maximum Gasteiger partial charge on any atom is 0.326 e. The minimum Gasteiger partial charge on any atom is -0.480 e. The van der Waals surface area contributed by atoms with Gasteiger partial charge in [0.15, 0.2) is 0 Å². The van der Waals surface area contributed by atoms with E-state index in [4.69, 9.17) is 10.8 Å². The van der Waals surface area contributed by atoms with Crippen LogP contribution < -0.4 is 17.0 Å². The highest BCUT2D eigenvalue weighted by Gasteiger charge is 2.43. The molecule has 1 aromatic heterocycles. The van der Waals surface area contributed by atoms with Crippen molar-refractivity contribution in [1.29, 1.82) is 0 Å². The van der Waals surface area contributed by atoms with E-state index in [1.165, 1.54) is 4.90 Å². The normalized spacial score (nSPS) is 22.5. The number of hydrogen-bond donors (Lipinski definition) is 4. The quantitative estimate of drug-likeness (QED) is 0.473. The third-order valence-corrected chi connectivity index (χ3v) is 3.00. The van der Waals surface area contributed by atoms with E-state index in [1.54, 1.807) is 0 Å². The van der Waals surface area contributed by atoms with Gasteiger partial charge in [-0.05, 0) is 6.42 Å². The second kappa shape index (κ2) is 4.35. The van der Waals surface area contributed by atoms with Crippen LogP contribution in [-0.2, 0) is 4.79 Å². The number of amides is 1. The molecule has 0 spiro atoms. The summed E-state index contributed by atoms with van der Waals surface area (Å²) in [6.45, 7) is -0.0214. The van der Waals surface area contributed by atoms with Crippen molar-refractivity contribution in [3.63, 3.8) is 0 Å². The summed E-state index contributed by atoms with van der Waals surface area (Å²) in [6, 6.07) is 0.945. The number of carbonyl (C=O) groups is 2. The van der Waals surface area contributed by atoms with Crippen LogP contribution in [0.3, 0.4) is 0 Å². The van der Waals surface area contributed by atoms with Crippen LogP contribution >= 0.6 is 0 Å². The average Bonchev–Trinajstić information content (AvgIpc) is 2.71. The molecule has 9 heteroatoms. The van der Waals surface area contributed by atoms with Crippen molar-refractivity contribution >= 4 is 11.9 Å². The molecule has 1 atom stereocenters. The molecule has 1 aliphatic heterocycles. The van der Waals surface area contributed by atoms with Crippen LogP contribution in [0.25, 0.3) is 0 Å². The van der Waals surface area contributed by atoms with Gasteiger partial charge in [-0.15, -0.1) is 0 Å². The van der Waals surface area contributed by atoms with Gasteiger partial charge in [0.2, 0.25) is 0 Å². The molecule has 0 radical (unpaired) electrons. The summed E-state index contributed by atoms with van der Waals surface area (Å²) < 4.78 is 0. The number of hydrogen-bond acceptors (Lipinski definition) is 5. The van der Waals surface area contributed by atoms with Gasteiger partial charge in [0.25, 0.3) is 11.5 Å². The summed E-state index contributed by atoms with van der Waals surface area (Å²) in [7, 11) is 0. The molecule has 1 aliphatic rings. The number of nitrogens with one attached hydrogen (secondary N) is 2. The number of aromatic amines is 2. The molecule has 1 fully saturated rings. The topological polar surface area (TPSA) is 149 Å². The van der Waals surface area contributed by atoms with E-state index in [9.17, 15) is 19.2 Å². The zero-order valence-corrected chi connectivity index (χ0v) is 9.80. The van der Waals surface area contributed by atoms with Gasteiger partial charge in [0.1, 0.15) is 11.2 Å². The number of carboxylic acids is 1. The highest BCUT2D eigenvalue weighted by molar-refractivity contribution is 5.93. The van der Waals surface area contributed by atoms with Gasteiger partial charge in [-0.1, -0.05) is 0 Å². The second-order valence-electron chi connectivity index (χ2n) is 4.44. The highest BCUT2D eigenvalue weighted by atomic mass is 16.4. The lowest BCUT2D eigenvalue weighted by Crippen LogP contribution is -2.50. The number of nitrogens with two attached hydrogens (primary N) is 1. The van der Waals surface area contributed by atoms with Crippen molar-refractivity contribution in [3.8, 4) is 0 Å². The SMILES string of the molecule is NC1(C(=O)O)CCN(C(=O)c2cc(=O)[nH]c(=O)[nH]2)C1. The van der Waals surface area contributed by atoms with E-state index < -0.39 is 28.7 Å². The zero-order chi connectivity index (χ0) is 14.2. The van der Waals surface area contributed by atoms with Crippen LogP contribution in [0.1, 0.15) is 16.9 Å². The van der Waals surface area contributed by atoms with E-state index in [0.717, 1.165) is 6.07 Å². The first-order valence-corrected chi connectivity index (χ1v) is 5.47. The number of likely N-dealkylation sites (tertiary alicyclic amines) is 1. The van der Waals surface area contributed by atoms with Crippen LogP contribution in [0.15, 0.2) is 15.7 Å². The fourth-order valence-corrected chi connectivity index (χ4v) is 1.94. The van der Waals surface area contributed by atoms with Crippen molar-refractivity contribution in [2.45, 2.75) is 12.0 Å². The molecule has 9 nitrogen and oxygen atoms in total. The maximum absolute atomic E-state index is 12.0. The molecule has 1 aromatic rings. The number of nitrogens with zero attached hydrogens (tertiary/aromatic N) is 1. The Bertz CT molecular complexity index is 620. The predicted octanol–water partition coefficient (Wildman–Crippen LogP) is -2.31. The van der Waals surface area contributed by atoms with Crippen LogP contribution in [0.5, 0.6) is 0 Å². The largest absolute Gasteiger partial charge is 0.480 e. The van der Waals surface area contributed by atoms with Crippen molar-refractivity contribution < 1.29 is 14.7 Å². The number of rotatable bonds is 2. The molecule has 2 heterocycles. The monoisotopic (exact) mass is 268 g/mol.